The van der Waals surface area contributed by atoms with Gasteiger partial charge < -0.3 is 10.1 Å². The largest absolute Gasteiger partial charge is 0.497 e. The van der Waals surface area contributed by atoms with Gasteiger partial charge in [-0.1, -0.05) is 54.5 Å². The van der Waals surface area contributed by atoms with Gasteiger partial charge in [0, 0.05) is 11.7 Å². The molecule has 190 valence electrons. The van der Waals surface area contributed by atoms with Crippen LogP contribution in [0, 0.1) is 6.92 Å². The molecule has 37 heavy (non-hydrogen) atoms. The molecule has 3 aromatic carbocycles. The minimum Gasteiger partial charge on any atom is -0.497 e. The highest BCUT2D eigenvalue weighted by Gasteiger charge is 2.35. The predicted molar refractivity (Wildman–Crippen MR) is 142 cm³/mol. The molecule has 1 N–H and O–H groups in total. The average Bonchev–Trinajstić information content (AvgIpc) is 3.58. The molecule has 5 rings (SSSR count). The molecule has 2 amide bonds. The van der Waals surface area contributed by atoms with Crippen LogP contribution >= 0.6 is 0 Å². The number of aromatic nitrogens is 3. The molecule has 0 radical (unpaired) electrons. The van der Waals surface area contributed by atoms with E-state index in [1.54, 1.807) is 28.8 Å². The number of carbonyl (C=O) groups excluding carboxylic acids is 2. The molecule has 1 aromatic heterocycles. The first-order valence-corrected chi connectivity index (χ1v) is 12.7. The first kappa shape index (κ1) is 24.5. The fraction of sp³-hybridized carbons (Fsp3) is 0.310. The van der Waals surface area contributed by atoms with E-state index in [-0.39, 0.29) is 24.4 Å². The van der Waals surface area contributed by atoms with Gasteiger partial charge >= 0.3 is 0 Å². The van der Waals surface area contributed by atoms with Crippen molar-refractivity contribution in [2.45, 2.75) is 51.2 Å². The number of amides is 2. The summed E-state index contributed by atoms with van der Waals surface area (Å²) in [6.45, 7) is 1.90. The van der Waals surface area contributed by atoms with Crippen LogP contribution in [0.25, 0.3) is 11.0 Å². The van der Waals surface area contributed by atoms with E-state index in [1.807, 2.05) is 67.6 Å². The SMILES string of the molecule is COc1ccc(N(C(=O)Cn2nnc3ccccc32)[C@@H](C(=O)NC2CCCC2)c2ccccc2C)cc1. The summed E-state index contributed by atoms with van der Waals surface area (Å²) in [7, 11) is 1.60. The van der Waals surface area contributed by atoms with Crippen molar-refractivity contribution >= 4 is 28.5 Å². The molecule has 0 bridgehead atoms. The third-order valence-corrected chi connectivity index (χ3v) is 7.02. The van der Waals surface area contributed by atoms with Crippen molar-refractivity contribution < 1.29 is 14.3 Å². The molecule has 4 aromatic rings. The van der Waals surface area contributed by atoms with Crippen LogP contribution in [0.2, 0.25) is 0 Å². The Balaban J connectivity index is 1.58. The highest BCUT2D eigenvalue weighted by atomic mass is 16.5. The molecule has 1 heterocycles. The molecule has 1 aliphatic rings. The van der Waals surface area contributed by atoms with Crippen LogP contribution in [-0.4, -0.2) is 40.0 Å². The van der Waals surface area contributed by atoms with Crippen LogP contribution in [0.5, 0.6) is 5.75 Å². The average molecular weight is 498 g/mol. The van der Waals surface area contributed by atoms with Crippen LogP contribution in [0.15, 0.2) is 72.8 Å². The molecule has 1 atom stereocenters. The number of hydrogen-bond donors (Lipinski definition) is 1. The van der Waals surface area contributed by atoms with Crippen LogP contribution in [0.4, 0.5) is 5.69 Å². The summed E-state index contributed by atoms with van der Waals surface area (Å²) in [6.07, 6.45) is 4.10. The molecule has 8 nitrogen and oxygen atoms in total. The molecular weight excluding hydrogens is 466 g/mol. The fourth-order valence-corrected chi connectivity index (χ4v) is 5.06. The van der Waals surface area contributed by atoms with Crippen LogP contribution in [0.3, 0.4) is 0 Å². The summed E-state index contributed by atoms with van der Waals surface area (Å²) in [5.74, 6) is 0.214. The smallest absolute Gasteiger partial charge is 0.249 e. The van der Waals surface area contributed by atoms with Gasteiger partial charge in [-0.25, -0.2) is 4.68 Å². The van der Waals surface area contributed by atoms with Gasteiger partial charge in [0.15, 0.2) is 0 Å². The molecule has 8 heteroatoms. The predicted octanol–water partition coefficient (Wildman–Crippen LogP) is 4.58. The molecule has 1 fully saturated rings. The van der Waals surface area contributed by atoms with E-state index in [9.17, 15) is 9.59 Å². The zero-order valence-corrected chi connectivity index (χ0v) is 21.1. The number of methoxy groups -OCH3 is 1. The fourth-order valence-electron chi connectivity index (χ4n) is 5.06. The van der Waals surface area contributed by atoms with Crippen molar-refractivity contribution in [3.8, 4) is 5.75 Å². The molecule has 0 saturated heterocycles. The Labute approximate surface area is 216 Å². The number of carbonyl (C=O) groups is 2. The lowest BCUT2D eigenvalue weighted by atomic mass is 9.97. The number of nitrogens with one attached hydrogen (secondary N) is 1. The quantitative estimate of drug-likeness (QED) is 0.385. The third kappa shape index (κ3) is 5.18. The minimum absolute atomic E-state index is 0.0639. The lowest BCUT2D eigenvalue weighted by Gasteiger charge is -2.33. The van der Waals surface area contributed by atoms with Crippen LogP contribution in [-0.2, 0) is 16.1 Å². The molecular formula is C29H31N5O3. The van der Waals surface area contributed by atoms with Crippen molar-refractivity contribution in [2.24, 2.45) is 0 Å². The summed E-state index contributed by atoms with van der Waals surface area (Å²) in [6, 6.07) is 21.7. The van der Waals surface area contributed by atoms with E-state index in [0.29, 0.717) is 17.0 Å². The number of hydrogen-bond acceptors (Lipinski definition) is 5. The Bertz CT molecular complexity index is 1390. The number of benzene rings is 3. The normalized spacial score (nSPS) is 14.4. The van der Waals surface area contributed by atoms with E-state index in [1.165, 1.54) is 0 Å². The lowest BCUT2D eigenvalue weighted by Crippen LogP contribution is -2.47. The maximum absolute atomic E-state index is 14.1. The summed E-state index contributed by atoms with van der Waals surface area (Å²) in [5.41, 5.74) is 3.79. The molecule has 1 saturated carbocycles. The van der Waals surface area contributed by atoms with Gasteiger partial charge in [0.2, 0.25) is 11.8 Å². The summed E-state index contributed by atoms with van der Waals surface area (Å²) in [5, 5.41) is 11.6. The number of anilines is 1. The summed E-state index contributed by atoms with van der Waals surface area (Å²) >= 11 is 0. The molecule has 1 aliphatic carbocycles. The van der Waals surface area contributed by atoms with Gasteiger partial charge in [-0.05, 0) is 67.3 Å². The van der Waals surface area contributed by atoms with Gasteiger partial charge in [-0.2, -0.15) is 0 Å². The highest BCUT2D eigenvalue weighted by molar-refractivity contribution is 6.01. The second-order valence-corrected chi connectivity index (χ2v) is 9.45. The second kappa shape index (κ2) is 10.8. The van der Waals surface area contributed by atoms with E-state index in [0.717, 1.165) is 42.3 Å². The lowest BCUT2D eigenvalue weighted by molar-refractivity contribution is -0.127. The van der Waals surface area contributed by atoms with Gasteiger partial charge in [-0.3, -0.25) is 14.5 Å². The molecule has 0 spiro atoms. The van der Waals surface area contributed by atoms with Crippen molar-refractivity contribution in [1.82, 2.24) is 20.3 Å². The number of ether oxygens (including phenoxy) is 1. The van der Waals surface area contributed by atoms with E-state index < -0.39 is 6.04 Å². The Kier molecular flexibility index (Phi) is 7.16. The summed E-state index contributed by atoms with van der Waals surface area (Å²) < 4.78 is 6.92. The zero-order chi connectivity index (χ0) is 25.8. The topological polar surface area (TPSA) is 89.3 Å². The van der Waals surface area contributed by atoms with Gasteiger partial charge in [0.05, 0.1) is 12.6 Å². The second-order valence-electron chi connectivity index (χ2n) is 9.45. The molecule has 0 unspecified atom stereocenters. The Morgan fingerprint density at radius 2 is 1.73 bits per heavy atom. The van der Waals surface area contributed by atoms with Gasteiger partial charge in [-0.15, -0.1) is 5.10 Å². The maximum atomic E-state index is 14.1. The van der Waals surface area contributed by atoms with Gasteiger partial charge in [0.25, 0.3) is 0 Å². The molecule has 0 aliphatic heterocycles. The third-order valence-electron chi connectivity index (χ3n) is 7.02. The van der Waals surface area contributed by atoms with E-state index in [4.69, 9.17) is 4.74 Å². The zero-order valence-electron chi connectivity index (χ0n) is 21.1. The van der Waals surface area contributed by atoms with Crippen LogP contribution < -0.4 is 15.0 Å². The van der Waals surface area contributed by atoms with Crippen molar-refractivity contribution in [3.63, 3.8) is 0 Å². The first-order chi connectivity index (χ1) is 18.0. The standard InChI is InChI=1S/C29H31N5O3/c1-20-9-3-6-12-24(20)28(29(36)30-21-10-4-5-11-21)34(22-15-17-23(37-2)18-16-22)27(35)19-33-26-14-8-7-13-25(26)31-32-33/h3,6-9,12-18,21,28H,4-5,10-11,19H2,1-2H3,(H,30,36)/t28-/m1/s1. The number of nitrogens with zero attached hydrogens (tertiary/aromatic N) is 4. The van der Waals surface area contributed by atoms with Crippen LogP contribution in [0.1, 0.15) is 42.9 Å². The maximum Gasteiger partial charge on any atom is 0.249 e. The minimum atomic E-state index is -0.850. The number of aryl methyl sites for hydroxylation is 1. The number of fused-ring (bicyclic) bond motifs is 1. The highest BCUT2D eigenvalue weighted by Crippen LogP contribution is 2.32. The number of para-hydroxylation sites is 1. The summed E-state index contributed by atoms with van der Waals surface area (Å²) in [4.78, 5) is 29.6. The Morgan fingerprint density at radius 1 is 1.03 bits per heavy atom. The monoisotopic (exact) mass is 497 g/mol. The van der Waals surface area contributed by atoms with Crippen molar-refractivity contribution in [1.29, 1.82) is 0 Å². The number of rotatable bonds is 8. The van der Waals surface area contributed by atoms with E-state index in [2.05, 4.69) is 15.6 Å². The van der Waals surface area contributed by atoms with Gasteiger partial charge in [0.1, 0.15) is 23.9 Å². The van der Waals surface area contributed by atoms with Crippen molar-refractivity contribution in [3.05, 3.63) is 83.9 Å². The Hall–Kier alpha value is -4.20. The van der Waals surface area contributed by atoms with E-state index >= 15 is 0 Å². The first-order valence-electron chi connectivity index (χ1n) is 12.7. The Morgan fingerprint density at radius 3 is 2.46 bits per heavy atom. The van der Waals surface area contributed by atoms with Crippen molar-refractivity contribution in [2.75, 3.05) is 12.0 Å².